The molecular weight excluding hydrogens is 513 g/mol. The van der Waals surface area contributed by atoms with Crippen molar-refractivity contribution in [2.45, 2.75) is 0 Å². The summed E-state index contributed by atoms with van der Waals surface area (Å²) >= 11 is 12.1. The molecule has 2 aromatic heterocycles. The molecule has 0 unspecified atom stereocenters. The largest absolute Gasteiger partial charge is 0.459 e. The molecule has 7 nitrogen and oxygen atoms in total. The summed E-state index contributed by atoms with van der Waals surface area (Å²) in [6.07, 6.45) is 4.52. The molecule has 2 aromatic carbocycles. The first-order valence-electron chi connectivity index (χ1n) is 11.7. The van der Waals surface area contributed by atoms with Gasteiger partial charge in [0.15, 0.2) is 5.76 Å². The standard InChI is InChI=1S/C28H23Cl2N3O4/c29-20-16-19(17-21(30)18-20)25-9-7-24(37-25)8-10-27(34)31-22-3-5-23(6-4-22)32-11-13-33(14-12-32)28(35)26-2-1-15-36-26/h1-10,15-18H,11-14H2,(H,31,34)/b10-8+. The Morgan fingerprint density at radius 1 is 0.892 bits per heavy atom. The number of carbonyl (C=O) groups excluding carboxylic acids is 2. The van der Waals surface area contributed by atoms with Crippen molar-refractivity contribution in [1.82, 2.24) is 4.90 Å². The summed E-state index contributed by atoms with van der Waals surface area (Å²) in [5.41, 5.74) is 2.47. The summed E-state index contributed by atoms with van der Waals surface area (Å²) in [4.78, 5) is 28.8. The molecular formula is C28H23Cl2N3O4. The zero-order chi connectivity index (χ0) is 25.8. The first kappa shape index (κ1) is 24.7. The van der Waals surface area contributed by atoms with Crippen molar-refractivity contribution in [1.29, 1.82) is 0 Å². The second-order valence-electron chi connectivity index (χ2n) is 8.49. The first-order valence-corrected chi connectivity index (χ1v) is 12.4. The molecule has 3 heterocycles. The maximum absolute atomic E-state index is 12.4. The van der Waals surface area contributed by atoms with Gasteiger partial charge in [0.25, 0.3) is 5.91 Å². The van der Waals surface area contributed by atoms with Crippen LogP contribution in [0.1, 0.15) is 16.3 Å². The molecule has 1 aliphatic rings. The van der Waals surface area contributed by atoms with Gasteiger partial charge in [-0.2, -0.15) is 0 Å². The van der Waals surface area contributed by atoms with Crippen LogP contribution in [-0.2, 0) is 4.79 Å². The average molecular weight is 536 g/mol. The third-order valence-electron chi connectivity index (χ3n) is 5.97. The van der Waals surface area contributed by atoms with E-state index in [2.05, 4.69) is 10.2 Å². The minimum atomic E-state index is -0.276. The summed E-state index contributed by atoms with van der Waals surface area (Å²) in [7, 11) is 0. The van der Waals surface area contributed by atoms with Gasteiger partial charge in [0.2, 0.25) is 5.91 Å². The van der Waals surface area contributed by atoms with Crippen LogP contribution in [0, 0.1) is 0 Å². The molecule has 0 bridgehead atoms. The number of benzene rings is 2. The Kier molecular flexibility index (Phi) is 7.35. The summed E-state index contributed by atoms with van der Waals surface area (Å²) in [6.45, 7) is 2.66. The number of halogens is 2. The average Bonchev–Trinajstić information content (AvgIpc) is 3.60. The molecule has 0 radical (unpaired) electrons. The van der Waals surface area contributed by atoms with Crippen LogP contribution < -0.4 is 10.2 Å². The Labute approximate surface area is 223 Å². The number of carbonyl (C=O) groups is 2. The van der Waals surface area contributed by atoms with Gasteiger partial charge >= 0.3 is 0 Å². The van der Waals surface area contributed by atoms with E-state index in [-0.39, 0.29) is 11.8 Å². The van der Waals surface area contributed by atoms with Gasteiger partial charge in [0, 0.05) is 59.2 Å². The van der Waals surface area contributed by atoms with Gasteiger partial charge in [-0.15, -0.1) is 0 Å². The van der Waals surface area contributed by atoms with Gasteiger partial charge in [-0.1, -0.05) is 23.2 Å². The Balaban J connectivity index is 1.13. The lowest BCUT2D eigenvalue weighted by Gasteiger charge is -2.35. The molecule has 2 amide bonds. The summed E-state index contributed by atoms with van der Waals surface area (Å²) in [5.74, 6) is 1.13. The zero-order valence-corrected chi connectivity index (χ0v) is 21.2. The van der Waals surface area contributed by atoms with E-state index in [1.54, 1.807) is 53.4 Å². The summed E-state index contributed by atoms with van der Waals surface area (Å²) in [6, 6.07) is 19.8. The number of hydrogen-bond donors (Lipinski definition) is 1. The Hall–Kier alpha value is -3.94. The van der Waals surface area contributed by atoms with Crippen LogP contribution in [-0.4, -0.2) is 42.9 Å². The number of nitrogens with zero attached hydrogens (tertiary/aromatic N) is 2. The molecule has 0 spiro atoms. The van der Waals surface area contributed by atoms with Crippen LogP contribution in [0.3, 0.4) is 0 Å². The number of anilines is 2. The Bertz CT molecular complexity index is 1400. The monoisotopic (exact) mass is 535 g/mol. The number of furan rings is 2. The third-order valence-corrected chi connectivity index (χ3v) is 6.41. The fraction of sp³-hybridized carbons (Fsp3) is 0.143. The molecule has 0 saturated carbocycles. The van der Waals surface area contributed by atoms with E-state index < -0.39 is 0 Å². The van der Waals surface area contributed by atoms with Gasteiger partial charge in [0.1, 0.15) is 11.5 Å². The number of rotatable bonds is 6. The van der Waals surface area contributed by atoms with E-state index in [4.69, 9.17) is 32.0 Å². The second kappa shape index (κ2) is 11.0. The molecule has 9 heteroatoms. The van der Waals surface area contributed by atoms with E-state index in [1.807, 2.05) is 24.3 Å². The number of amides is 2. The molecule has 1 saturated heterocycles. The van der Waals surface area contributed by atoms with Crippen LogP contribution in [0.2, 0.25) is 10.0 Å². The molecule has 1 N–H and O–H groups in total. The van der Waals surface area contributed by atoms with Crippen LogP contribution in [0.5, 0.6) is 0 Å². The van der Waals surface area contributed by atoms with Gasteiger partial charge in [-0.05, 0) is 72.8 Å². The number of hydrogen-bond acceptors (Lipinski definition) is 5. The van der Waals surface area contributed by atoms with Crippen LogP contribution in [0.25, 0.3) is 17.4 Å². The van der Waals surface area contributed by atoms with Crippen molar-refractivity contribution in [3.8, 4) is 11.3 Å². The van der Waals surface area contributed by atoms with Crippen molar-refractivity contribution in [2.24, 2.45) is 0 Å². The highest BCUT2D eigenvalue weighted by Crippen LogP contribution is 2.29. The number of piperazine rings is 1. The minimum Gasteiger partial charge on any atom is -0.459 e. The van der Waals surface area contributed by atoms with Crippen molar-refractivity contribution < 1.29 is 18.4 Å². The molecule has 0 aliphatic carbocycles. The molecule has 1 fully saturated rings. The predicted molar refractivity (Wildman–Crippen MR) is 145 cm³/mol. The van der Waals surface area contributed by atoms with E-state index >= 15 is 0 Å². The van der Waals surface area contributed by atoms with Crippen molar-refractivity contribution in [3.05, 3.63) is 101 Å². The van der Waals surface area contributed by atoms with Crippen molar-refractivity contribution in [2.75, 3.05) is 36.4 Å². The SMILES string of the molecule is O=C(/C=C/c1ccc(-c2cc(Cl)cc(Cl)c2)o1)Nc1ccc(N2CCN(C(=O)c3ccco3)CC2)cc1. The molecule has 37 heavy (non-hydrogen) atoms. The van der Waals surface area contributed by atoms with Gasteiger partial charge < -0.3 is 24.0 Å². The lowest BCUT2D eigenvalue weighted by atomic mass is 10.2. The molecule has 0 atom stereocenters. The molecule has 5 rings (SSSR count). The van der Waals surface area contributed by atoms with E-state index in [1.165, 1.54) is 12.3 Å². The molecule has 4 aromatic rings. The van der Waals surface area contributed by atoms with Gasteiger partial charge in [-0.3, -0.25) is 9.59 Å². The first-order chi connectivity index (χ1) is 17.9. The van der Waals surface area contributed by atoms with E-state index in [9.17, 15) is 9.59 Å². The van der Waals surface area contributed by atoms with Crippen LogP contribution in [0.4, 0.5) is 11.4 Å². The fourth-order valence-electron chi connectivity index (χ4n) is 4.11. The van der Waals surface area contributed by atoms with Crippen molar-refractivity contribution in [3.63, 3.8) is 0 Å². The molecule has 1 aliphatic heterocycles. The zero-order valence-electron chi connectivity index (χ0n) is 19.7. The van der Waals surface area contributed by atoms with Crippen LogP contribution >= 0.6 is 23.2 Å². The normalized spacial score (nSPS) is 13.8. The highest BCUT2D eigenvalue weighted by Gasteiger charge is 2.23. The fourth-order valence-corrected chi connectivity index (χ4v) is 4.64. The second-order valence-corrected chi connectivity index (χ2v) is 9.36. The Morgan fingerprint density at radius 3 is 2.30 bits per heavy atom. The summed E-state index contributed by atoms with van der Waals surface area (Å²) in [5, 5.41) is 3.88. The van der Waals surface area contributed by atoms with Gasteiger partial charge in [-0.25, -0.2) is 0 Å². The minimum absolute atomic E-state index is 0.0876. The lowest BCUT2D eigenvalue weighted by Crippen LogP contribution is -2.48. The predicted octanol–water partition coefficient (Wildman–Crippen LogP) is 6.46. The topological polar surface area (TPSA) is 78.9 Å². The molecule has 188 valence electrons. The smallest absolute Gasteiger partial charge is 0.289 e. The summed E-state index contributed by atoms with van der Waals surface area (Å²) < 4.78 is 11.0. The highest BCUT2D eigenvalue weighted by atomic mass is 35.5. The van der Waals surface area contributed by atoms with E-state index in [0.717, 1.165) is 11.3 Å². The maximum atomic E-state index is 12.4. The Morgan fingerprint density at radius 2 is 1.62 bits per heavy atom. The van der Waals surface area contributed by atoms with Gasteiger partial charge in [0.05, 0.1) is 6.26 Å². The highest BCUT2D eigenvalue weighted by molar-refractivity contribution is 6.35. The van der Waals surface area contributed by atoms with Crippen molar-refractivity contribution >= 4 is 52.5 Å². The van der Waals surface area contributed by atoms with E-state index in [0.29, 0.717) is 59.2 Å². The third kappa shape index (κ3) is 6.07. The lowest BCUT2D eigenvalue weighted by molar-refractivity contribution is -0.111. The quantitative estimate of drug-likeness (QED) is 0.286. The maximum Gasteiger partial charge on any atom is 0.289 e. The van der Waals surface area contributed by atoms with Crippen LogP contribution in [0.15, 0.2) is 87.9 Å². The number of nitrogens with one attached hydrogen (secondary N) is 1.